The predicted octanol–water partition coefficient (Wildman–Crippen LogP) is 5.27. The molecule has 0 fully saturated rings. The van der Waals surface area contributed by atoms with Crippen LogP contribution in [0.15, 0.2) is 62.2 Å². The fourth-order valence-corrected chi connectivity index (χ4v) is 5.34. The van der Waals surface area contributed by atoms with Gasteiger partial charge in [0.1, 0.15) is 22.4 Å². The van der Waals surface area contributed by atoms with Crippen LogP contribution in [0.5, 0.6) is 0 Å². The number of para-hydroxylation sites is 2. The second-order valence-corrected chi connectivity index (χ2v) is 10.8. The van der Waals surface area contributed by atoms with Gasteiger partial charge in [-0.05, 0) is 50.1 Å². The molecule has 1 aliphatic heterocycles. The van der Waals surface area contributed by atoms with E-state index < -0.39 is 27.0 Å². The Morgan fingerprint density at radius 3 is 2.51 bits per heavy atom. The molecule has 0 unspecified atom stereocenters. The van der Waals surface area contributed by atoms with Crippen molar-refractivity contribution in [2.24, 2.45) is 0 Å². The number of fused-ring (bicyclic) bond motifs is 3. The van der Waals surface area contributed by atoms with Crippen LogP contribution in [-0.2, 0) is 10.1 Å². The van der Waals surface area contributed by atoms with Crippen molar-refractivity contribution in [1.29, 1.82) is 0 Å². The van der Waals surface area contributed by atoms with Gasteiger partial charge in [-0.15, -0.1) is 0 Å². The number of benzene rings is 2. The van der Waals surface area contributed by atoms with Crippen molar-refractivity contribution < 1.29 is 21.8 Å². The first kappa shape index (κ1) is 23.3. The van der Waals surface area contributed by atoms with Crippen molar-refractivity contribution in [1.82, 2.24) is 4.98 Å². The summed E-state index contributed by atoms with van der Waals surface area (Å²) < 4.78 is 44.7. The van der Waals surface area contributed by atoms with Crippen molar-refractivity contribution in [2.45, 2.75) is 39.2 Å². The molecule has 0 aliphatic carbocycles. The molecule has 0 radical (unpaired) electrons. The zero-order valence-electron chi connectivity index (χ0n) is 19.7. The largest absolute Gasteiger partial charge is 0.436 e. The molecular weight excluding hydrogens is 468 g/mol. The monoisotopic (exact) mass is 494 g/mol. The highest BCUT2D eigenvalue weighted by Crippen LogP contribution is 2.42. The molecule has 1 aliphatic rings. The maximum atomic E-state index is 12.9. The van der Waals surface area contributed by atoms with Crippen LogP contribution in [0.2, 0.25) is 0 Å². The average molecular weight is 495 g/mol. The van der Waals surface area contributed by atoms with Crippen LogP contribution in [-0.4, -0.2) is 35.8 Å². The minimum absolute atomic E-state index is 0.152. The lowest BCUT2D eigenvalue weighted by Crippen LogP contribution is -2.46. The van der Waals surface area contributed by atoms with Gasteiger partial charge in [0, 0.05) is 29.2 Å². The van der Waals surface area contributed by atoms with Crippen molar-refractivity contribution in [3.05, 3.63) is 64.5 Å². The summed E-state index contributed by atoms with van der Waals surface area (Å²) in [6.45, 7) is 6.83. The summed E-state index contributed by atoms with van der Waals surface area (Å²) in [5.41, 5.74) is 2.57. The van der Waals surface area contributed by atoms with Crippen LogP contribution in [0.3, 0.4) is 0 Å². The Kier molecular flexibility index (Phi) is 5.56. The smallest absolute Gasteiger partial charge is 0.349 e. The van der Waals surface area contributed by atoms with Crippen molar-refractivity contribution in [3.63, 3.8) is 0 Å². The van der Waals surface area contributed by atoms with Crippen molar-refractivity contribution >= 4 is 43.4 Å². The van der Waals surface area contributed by atoms with Gasteiger partial charge in [0.2, 0.25) is 5.89 Å². The van der Waals surface area contributed by atoms with Gasteiger partial charge in [0.05, 0.1) is 5.54 Å². The molecule has 0 amide bonds. The molecule has 1 N–H and O–H groups in total. The topological polar surface area (TPSA) is 114 Å². The minimum atomic E-state index is -4.26. The second-order valence-electron chi connectivity index (χ2n) is 9.40. The number of hydrogen-bond donors (Lipinski definition) is 1. The second kappa shape index (κ2) is 8.35. The Bertz CT molecular complexity index is 1610. The van der Waals surface area contributed by atoms with Gasteiger partial charge in [-0.3, -0.25) is 4.55 Å². The molecule has 3 heterocycles. The lowest BCUT2D eigenvalue weighted by molar-refractivity contribution is 0.487. The molecule has 4 aromatic rings. The van der Waals surface area contributed by atoms with Gasteiger partial charge in [-0.25, -0.2) is 9.78 Å². The summed E-state index contributed by atoms with van der Waals surface area (Å²) in [6, 6.07) is 12.4. The fourth-order valence-electron chi connectivity index (χ4n) is 4.71. The predicted molar refractivity (Wildman–Crippen MR) is 136 cm³/mol. The highest BCUT2D eigenvalue weighted by Gasteiger charge is 2.34. The third kappa shape index (κ3) is 4.37. The summed E-state index contributed by atoms with van der Waals surface area (Å²) in [5, 5.41) is 0.594. The van der Waals surface area contributed by atoms with E-state index in [2.05, 4.69) is 16.8 Å². The average Bonchev–Trinajstić information content (AvgIpc) is 3.20. The number of aromatic nitrogens is 1. The number of anilines is 1. The molecule has 9 heteroatoms. The summed E-state index contributed by atoms with van der Waals surface area (Å²) in [5.74, 6) is -0.357. The SMILES string of the molecule is CCCCN1c2cc3oc(=O)c(-c4nc5ccccc5o4)cc3cc2C(CS(=O)(=O)O)=CC1(C)C. The normalized spacial score (nSPS) is 15.4. The van der Waals surface area contributed by atoms with Crippen LogP contribution in [0.1, 0.15) is 39.2 Å². The first-order chi connectivity index (χ1) is 16.6. The van der Waals surface area contributed by atoms with E-state index in [1.807, 2.05) is 32.1 Å². The Labute approximate surface area is 202 Å². The molecule has 0 saturated heterocycles. The van der Waals surface area contributed by atoms with Crippen LogP contribution < -0.4 is 10.5 Å². The molecule has 8 nitrogen and oxygen atoms in total. The highest BCUT2D eigenvalue weighted by atomic mass is 32.2. The number of hydrogen-bond acceptors (Lipinski definition) is 7. The Balaban J connectivity index is 1.71. The zero-order valence-corrected chi connectivity index (χ0v) is 20.6. The third-order valence-corrected chi connectivity index (χ3v) is 6.98. The molecule has 2 aromatic heterocycles. The first-order valence-corrected chi connectivity index (χ1v) is 13.1. The van der Waals surface area contributed by atoms with E-state index in [0.717, 1.165) is 25.1 Å². The third-order valence-electron chi connectivity index (χ3n) is 6.31. The molecule has 0 bridgehead atoms. The van der Waals surface area contributed by atoms with E-state index in [9.17, 15) is 17.8 Å². The van der Waals surface area contributed by atoms with Gasteiger partial charge in [-0.1, -0.05) is 31.6 Å². The van der Waals surface area contributed by atoms with E-state index in [1.165, 1.54) is 0 Å². The molecule has 35 heavy (non-hydrogen) atoms. The van der Waals surface area contributed by atoms with E-state index in [0.29, 0.717) is 33.2 Å². The number of unbranched alkanes of at least 4 members (excludes halogenated alkanes) is 1. The molecule has 0 saturated carbocycles. The molecule has 0 atom stereocenters. The van der Waals surface area contributed by atoms with Crippen LogP contribution >= 0.6 is 0 Å². The van der Waals surface area contributed by atoms with Crippen molar-refractivity contribution in [2.75, 3.05) is 17.2 Å². The summed E-state index contributed by atoms with van der Waals surface area (Å²) in [6.07, 6.45) is 3.80. The summed E-state index contributed by atoms with van der Waals surface area (Å²) in [4.78, 5) is 19.5. The van der Waals surface area contributed by atoms with E-state index in [4.69, 9.17) is 8.83 Å². The molecular formula is C26H26N2O6S. The van der Waals surface area contributed by atoms with Gasteiger partial charge >= 0.3 is 5.63 Å². The molecule has 0 spiro atoms. The number of nitrogens with zero attached hydrogens (tertiary/aromatic N) is 2. The van der Waals surface area contributed by atoms with Gasteiger partial charge in [-0.2, -0.15) is 8.42 Å². The van der Waals surface area contributed by atoms with Crippen LogP contribution in [0, 0.1) is 0 Å². The Hall–Kier alpha value is -3.43. The summed E-state index contributed by atoms with van der Waals surface area (Å²) >= 11 is 0. The Morgan fingerprint density at radius 2 is 1.80 bits per heavy atom. The number of rotatable bonds is 6. The number of oxazole rings is 1. The fraction of sp³-hybridized carbons (Fsp3) is 0.308. The van der Waals surface area contributed by atoms with Gasteiger partial charge in [0.15, 0.2) is 5.58 Å². The van der Waals surface area contributed by atoms with Gasteiger partial charge < -0.3 is 13.7 Å². The quantitative estimate of drug-likeness (QED) is 0.285. The zero-order chi connectivity index (χ0) is 25.0. The molecule has 2 aromatic carbocycles. The molecule has 182 valence electrons. The highest BCUT2D eigenvalue weighted by molar-refractivity contribution is 7.86. The van der Waals surface area contributed by atoms with Crippen molar-refractivity contribution in [3.8, 4) is 11.5 Å². The van der Waals surface area contributed by atoms with Gasteiger partial charge in [0.25, 0.3) is 10.1 Å². The maximum Gasteiger partial charge on any atom is 0.349 e. The van der Waals surface area contributed by atoms with Crippen LogP contribution in [0.4, 0.5) is 5.69 Å². The lowest BCUT2D eigenvalue weighted by atomic mass is 9.87. The van der Waals surface area contributed by atoms with E-state index >= 15 is 0 Å². The first-order valence-electron chi connectivity index (χ1n) is 11.5. The lowest BCUT2D eigenvalue weighted by Gasteiger charge is -2.43. The maximum absolute atomic E-state index is 12.9. The summed E-state index contributed by atoms with van der Waals surface area (Å²) in [7, 11) is -4.26. The van der Waals surface area contributed by atoms with E-state index in [1.54, 1.807) is 30.3 Å². The van der Waals surface area contributed by atoms with Crippen LogP contribution in [0.25, 0.3) is 39.1 Å². The Morgan fingerprint density at radius 1 is 1.06 bits per heavy atom. The van der Waals surface area contributed by atoms with E-state index in [-0.39, 0.29) is 11.5 Å². The molecule has 5 rings (SSSR count). The standard InChI is InChI=1S/C26H26N2O6S/c1-4-5-10-28-21-13-23-16(11-18(21)17(14-26(28,2)3)15-35(30,31)32)12-19(25(29)34-23)24-27-20-8-6-7-9-22(20)33-24/h6-9,11-14H,4-5,10,15H2,1-3H3,(H,30,31,32). The minimum Gasteiger partial charge on any atom is -0.436 e.